The first-order chi connectivity index (χ1) is 8.84. The molecule has 2 unspecified atom stereocenters. The van der Waals surface area contributed by atoms with Crippen LogP contribution in [0.3, 0.4) is 0 Å². The summed E-state index contributed by atoms with van der Waals surface area (Å²) in [6.07, 6.45) is 1.06. The van der Waals surface area contributed by atoms with E-state index in [0.717, 1.165) is 18.5 Å². The van der Waals surface area contributed by atoms with E-state index in [9.17, 15) is 4.39 Å². The van der Waals surface area contributed by atoms with E-state index in [1.165, 1.54) is 11.6 Å². The summed E-state index contributed by atoms with van der Waals surface area (Å²) in [7, 11) is 0. The van der Waals surface area contributed by atoms with Gasteiger partial charge in [-0.3, -0.25) is 0 Å². The minimum absolute atomic E-state index is 0.147. The van der Waals surface area contributed by atoms with E-state index < -0.39 is 0 Å². The Kier molecular flexibility index (Phi) is 3.11. The minimum atomic E-state index is -0.147. The van der Waals surface area contributed by atoms with E-state index in [0.29, 0.717) is 12.0 Å². The third kappa shape index (κ3) is 2.16. The van der Waals surface area contributed by atoms with Gasteiger partial charge in [-0.15, -0.1) is 0 Å². The summed E-state index contributed by atoms with van der Waals surface area (Å²) in [5, 5.41) is 3.52. The average molecular weight is 241 g/mol. The van der Waals surface area contributed by atoms with E-state index in [-0.39, 0.29) is 5.82 Å². The molecule has 2 aromatic carbocycles. The molecule has 1 fully saturated rings. The lowest BCUT2D eigenvalue weighted by atomic mass is 9.88. The van der Waals surface area contributed by atoms with Crippen LogP contribution in [-0.4, -0.2) is 6.54 Å². The van der Waals surface area contributed by atoms with Crippen molar-refractivity contribution in [2.24, 2.45) is 0 Å². The van der Waals surface area contributed by atoms with E-state index >= 15 is 0 Å². The van der Waals surface area contributed by atoms with Crippen molar-refractivity contribution in [2.45, 2.75) is 18.4 Å². The van der Waals surface area contributed by atoms with Gasteiger partial charge in [-0.25, -0.2) is 4.39 Å². The molecule has 0 spiro atoms. The van der Waals surface area contributed by atoms with Crippen LogP contribution >= 0.6 is 0 Å². The number of rotatable bonds is 2. The number of hydrogen-bond donors (Lipinski definition) is 1. The van der Waals surface area contributed by atoms with Gasteiger partial charge in [-0.1, -0.05) is 42.5 Å². The molecular formula is C16H16FN. The van der Waals surface area contributed by atoms with Crippen LogP contribution in [0.25, 0.3) is 0 Å². The summed E-state index contributed by atoms with van der Waals surface area (Å²) in [4.78, 5) is 0. The molecule has 18 heavy (non-hydrogen) atoms. The molecule has 1 aliphatic heterocycles. The normalized spacial score (nSPS) is 23.2. The number of hydrogen-bond acceptors (Lipinski definition) is 1. The maximum atomic E-state index is 13.3. The fourth-order valence-corrected chi connectivity index (χ4v) is 2.81. The van der Waals surface area contributed by atoms with Crippen LogP contribution in [0.2, 0.25) is 0 Å². The second-order valence-electron chi connectivity index (χ2n) is 4.79. The van der Waals surface area contributed by atoms with Crippen molar-refractivity contribution in [1.82, 2.24) is 5.32 Å². The first-order valence-corrected chi connectivity index (χ1v) is 6.38. The van der Waals surface area contributed by atoms with Crippen molar-refractivity contribution < 1.29 is 4.39 Å². The summed E-state index contributed by atoms with van der Waals surface area (Å²) < 4.78 is 13.3. The first-order valence-electron chi connectivity index (χ1n) is 6.38. The van der Waals surface area contributed by atoms with Crippen molar-refractivity contribution in [3.8, 4) is 0 Å². The van der Waals surface area contributed by atoms with Gasteiger partial charge in [-0.05, 0) is 36.2 Å². The highest BCUT2D eigenvalue weighted by atomic mass is 19.1. The Balaban J connectivity index is 1.92. The zero-order valence-corrected chi connectivity index (χ0v) is 10.1. The Morgan fingerprint density at radius 2 is 1.72 bits per heavy atom. The molecule has 0 radical (unpaired) electrons. The van der Waals surface area contributed by atoms with E-state index in [4.69, 9.17) is 0 Å². The number of benzene rings is 2. The zero-order chi connectivity index (χ0) is 12.4. The summed E-state index contributed by atoms with van der Waals surface area (Å²) in [6, 6.07) is 17.7. The van der Waals surface area contributed by atoms with Crippen LogP contribution in [0.5, 0.6) is 0 Å². The third-order valence-corrected chi connectivity index (χ3v) is 3.66. The number of halogens is 1. The van der Waals surface area contributed by atoms with E-state index in [2.05, 4.69) is 29.6 Å². The predicted octanol–water partition coefficient (Wildman–Crippen LogP) is 3.64. The molecule has 0 aliphatic carbocycles. The summed E-state index contributed by atoms with van der Waals surface area (Å²) in [5.41, 5.74) is 2.37. The summed E-state index contributed by atoms with van der Waals surface area (Å²) >= 11 is 0. The van der Waals surface area contributed by atoms with Crippen LogP contribution in [0, 0.1) is 5.82 Å². The van der Waals surface area contributed by atoms with Crippen molar-refractivity contribution in [2.75, 3.05) is 6.54 Å². The van der Waals surface area contributed by atoms with Gasteiger partial charge in [-0.2, -0.15) is 0 Å². The highest BCUT2D eigenvalue weighted by Crippen LogP contribution is 2.37. The Morgan fingerprint density at radius 3 is 2.50 bits per heavy atom. The SMILES string of the molecule is Fc1cccc(C2CCNC2c2ccccc2)c1. The fraction of sp³-hybridized carbons (Fsp3) is 0.250. The van der Waals surface area contributed by atoms with Gasteiger partial charge in [0.1, 0.15) is 5.82 Å². The van der Waals surface area contributed by atoms with Crippen molar-refractivity contribution >= 4 is 0 Å². The molecule has 0 amide bonds. The Labute approximate surface area is 107 Å². The van der Waals surface area contributed by atoms with Gasteiger partial charge >= 0.3 is 0 Å². The number of nitrogens with one attached hydrogen (secondary N) is 1. The molecule has 2 heteroatoms. The molecule has 2 atom stereocenters. The highest BCUT2D eigenvalue weighted by molar-refractivity contribution is 5.30. The molecular weight excluding hydrogens is 225 g/mol. The van der Waals surface area contributed by atoms with Crippen molar-refractivity contribution in [3.05, 3.63) is 71.5 Å². The highest BCUT2D eigenvalue weighted by Gasteiger charge is 2.29. The second kappa shape index (κ2) is 4.91. The molecule has 0 saturated carbocycles. The van der Waals surface area contributed by atoms with Gasteiger partial charge in [0.2, 0.25) is 0 Å². The smallest absolute Gasteiger partial charge is 0.123 e. The Hall–Kier alpha value is -1.67. The molecule has 0 aromatic heterocycles. The van der Waals surface area contributed by atoms with Crippen LogP contribution in [0.4, 0.5) is 4.39 Å². The van der Waals surface area contributed by atoms with Gasteiger partial charge in [0.15, 0.2) is 0 Å². The summed E-state index contributed by atoms with van der Waals surface area (Å²) in [5.74, 6) is 0.217. The topological polar surface area (TPSA) is 12.0 Å². The van der Waals surface area contributed by atoms with E-state index in [1.54, 1.807) is 12.1 Å². The van der Waals surface area contributed by atoms with Gasteiger partial charge in [0.25, 0.3) is 0 Å². The second-order valence-corrected chi connectivity index (χ2v) is 4.79. The van der Waals surface area contributed by atoms with Gasteiger partial charge in [0, 0.05) is 12.0 Å². The van der Waals surface area contributed by atoms with Crippen LogP contribution in [0.15, 0.2) is 54.6 Å². The zero-order valence-electron chi connectivity index (χ0n) is 10.1. The Bertz CT molecular complexity index is 524. The van der Waals surface area contributed by atoms with Gasteiger partial charge < -0.3 is 5.32 Å². The van der Waals surface area contributed by atoms with Crippen LogP contribution in [0.1, 0.15) is 29.5 Å². The largest absolute Gasteiger partial charge is 0.309 e. The molecule has 92 valence electrons. The van der Waals surface area contributed by atoms with Crippen molar-refractivity contribution in [3.63, 3.8) is 0 Å². The molecule has 1 aliphatic rings. The maximum absolute atomic E-state index is 13.3. The first kappa shape index (κ1) is 11.4. The fourth-order valence-electron chi connectivity index (χ4n) is 2.81. The van der Waals surface area contributed by atoms with Crippen LogP contribution < -0.4 is 5.32 Å². The summed E-state index contributed by atoms with van der Waals surface area (Å²) in [6.45, 7) is 0.987. The molecule has 1 N–H and O–H groups in total. The lowest BCUT2D eigenvalue weighted by molar-refractivity contribution is 0.569. The van der Waals surface area contributed by atoms with Gasteiger partial charge in [0.05, 0.1) is 0 Å². The third-order valence-electron chi connectivity index (χ3n) is 3.66. The molecule has 1 saturated heterocycles. The lowest BCUT2D eigenvalue weighted by Gasteiger charge is -2.20. The average Bonchev–Trinajstić information content (AvgIpc) is 2.89. The molecule has 1 nitrogen and oxygen atoms in total. The molecule has 1 heterocycles. The van der Waals surface area contributed by atoms with Crippen LogP contribution in [-0.2, 0) is 0 Å². The monoisotopic (exact) mass is 241 g/mol. The quantitative estimate of drug-likeness (QED) is 0.846. The predicted molar refractivity (Wildman–Crippen MR) is 70.9 cm³/mol. The molecule has 2 aromatic rings. The maximum Gasteiger partial charge on any atom is 0.123 e. The Morgan fingerprint density at radius 1 is 0.944 bits per heavy atom. The minimum Gasteiger partial charge on any atom is -0.309 e. The standard InChI is InChI=1S/C16H16FN/c17-14-8-4-7-13(11-14)15-9-10-18-16(15)12-5-2-1-3-6-12/h1-8,11,15-16,18H,9-10H2. The molecule has 3 rings (SSSR count). The van der Waals surface area contributed by atoms with E-state index in [1.807, 2.05) is 12.1 Å². The lowest BCUT2D eigenvalue weighted by Crippen LogP contribution is -2.16. The molecule has 0 bridgehead atoms. The van der Waals surface area contributed by atoms with Crippen molar-refractivity contribution in [1.29, 1.82) is 0 Å².